The van der Waals surface area contributed by atoms with Gasteiger partial charge in [-0.3, -0.25) is 4.79 Å². The molecule has 2 nitrogen and oxygen atoms in total. The Labute approximate surface area is 118 Å². The van der Waals surface area contributed by atoms with E-state index in [-0.39, 0.29) is 11.7 Å². The van der Waals surface area contributed by atoms with E-state index < -0.39 is 0 Å². The highest BCUT2D eigenvalue weighted by Crippen LogP contribution is 2.14. The monoisotopic (exact) mass is 271 g/mol. The number of amides is 1. The maximum Gasteiger partial charge on any atom is 0.251 e. The lowest BCUT2D eigenvalue weighted by atomic mass is 10.0. The molecule has 3 heteroatoms. The first-order chi connectivity index (χ1) is 9.56. The third-order valence-corrected chi connectivity index (χ3v) is 3.21. The van der Waals surface area contributed by atoms with Crippen LogP contribution in [0.25, 0.3) is 0 Å². The minimum Gasteiger partial charge on any atom is -0.348 e. The van der Waals surface area contributed by atoms with Gasteiger partial charge in [-0.15, -0.1) is 0 Å². The van der Waals surface area contributed by atoms with E-state index in [9.17, 15) is 9.18 Å². The molecule has 104 valence electrons. The molecule has 0 bridgehead atoms. The zero-order chi connectivity index (χ0) is 14.5. The van der Waals surface area contributed by atoms with Gasteiger partial charge in [0.25, 0.3) is 5.91 Å². The maximum atomic E-state index is 12.8. The summed E-state index contributed by atoms with van der Waals surface area (Å²) in [6.07, 6.45) is 0. The zero-order valence-electron chi connectivity index (χ0n) is 11.7. The minimum absolute atomic E-state index is 0.196. The highest BCUT2D eigenvalue weighted by molar-refractivity contribution is 5.94. The second-order valence-electron chi connectivity index (χ2n) is 5.09. The van der Waals surface area contributed by atoms with Crippen LogP contribution < -0.4 is 5.32 Å². The van der Waals surface area contributed by atoms with E-state index >= 15 is 0 Å². The van der Waals surface area contributed by atoms with Crippen molar-refractivity contribution in [1.29, 1.82) is 0 Å². The summed E-state index contributed by atoms with van der Waals surface area (Å²) in [7, 11) is 0. The lowest BCUT2D eigenvalue weighted by Crippen LogP contribution is -2.22. The first-order valence-electron chi connectivity index (χ1n) is 6.69. The lowest BCUT2D eigenvalue weighted by molar-refractivity contribution is 0.0951. The Morgan fingerprint density at radius 3 is 2.20 bits per heavy atom. The fourth-order valence-electron chi connectivity index (χ4n) is 1.91. The Morgan fingerprint density at radius 1 is 1.05 bits per heavy atom. The van der Waals surface area contributed by atoms with E-state index in [0.29, 0.717) is 18.0 Å². The number of carbonyl (C=O) groups is 1. The summed E-state index contributed by atoms with van der Waals surface area (Å²) >= 11 is 0. The third-order valence-electron chi connectivity index (χ3n) is 3.21. The zero-order valence-corrected chi connectivity index (χ0v) is 11.7. The van der Waals surface area contributed by atoms with E-state index in [1.165, 1.54) is 29.8 Å². The van der Waals surface area contributed by atoms with Crippen LogP contribution in [0.15, 0.2) is 48.5 Å². The number of benzene rings is 2. The van der Waals surface area contributed by atoms with Crippen molar-refractivity contribution < 1.29 is 9.18 Å². The number of halogens is 1. The van der Waals surface area contributed by atoms with Crippen LogP contribution in [0.4, 0.5) is 4.39 Å². The lowest BCUT2D eigenvalue weighted by Gasteiger charge is -2.08. The molecule has 0 aliphatic rings. The molecular weight excluding hydrogens is 253 g/mol. The molecule has 0 atom stereocenters. The van der Waals surface area contributed by atoms with Crippen LogP contribution in [-0.2, 0) is 6.54 Å². The number of rotatable bonds is 4. The van der Waals surface area contributed by atoms with Crippen molar-refractivity contribution in [2.24, 2.45) is 0 Å². The molecular formula is C17H18FNO. The molecule has 0 aromatic heterocycles. The second kappa shape index (κ2) is 6.33. The van der Waals surface area contributed by atoms with Crippen molar-refractivity contribution in [3.63, 3.8) is 0 Å². The molecule has 0 fully saturated rings. The van der Waals surface area contributed by atoms with Crippen molar-refractivity contribution in [3.8, 4) is 0 Å². The number of hydrogen-bond acceptors (Lipinski definition) is 1. The van der Waals surface area contributed by atoms with Gasteiger partial charge in [-0.2, -0.15) is 0 Å². The van der Waals surface area contributed by atoms with Crippen LogP contribution in [-0.4, -0.2) is 5.91 Å². The average Bonchev–Trinajstić information content (AvgIpc) is 2.46. The van der Waals surface area contributed by atoms with Gasteiger partial charge < -0.3 is 5.32 Å². The van der Waals surface area contributed by atoms with Gasteiger partial charge >= 0.3 is 0 Å². The van der Waals surface area contributed by atoms with Crippen LogP contribution in [0.1, 0.15) is 41.3 Å². The molecule has 1 amide bonds. The maximum absolute atomic E-state index is 12.8. The van der Waals surface area contributed by atoms with Gasteiger partial charge in [0, 0.05) is 12.1 Å². The van der Waals surface area contributed by atoms with E-state index in [1.807, 2.05) is 12.1 Å². The van der Waals surface area contributed by atoms with Crippen LogP contribution in [0.5, 0.6) is 0 Å². The van der Waals surface area contributed by atoms with Crippen molar-refractivity contribution >= 4 is 5.91 Å². The van der Waals surface area contributed by atoms with Crippen molar-refractivity contribution in [3.05, 3.63) is 71.0 Å². The van der Waals surface area contributed by atoms with E-state index in [1.54, 1.807) is 0 Å². The molecule has 0 aliphatic carbocycles. The molecule has 2 aromatic carbocycles. The SMILES string of the molecule is CC(C)c1ccc(CNC(=O)c2ccc(F)cc2)cc1. The Balaban J connectivity index is 1.94. The molecule has 0 saturated heterocycles. The standard InChI is InChI=1S/C17H18FNO/c1-12(2)14-5-3-13(4-6-14)11-19-17(20)15-7-9-16(18)10-8-15/h3-10,12H,11H2,1-2H3,(H,19,20). The summed E-state index contributed by atoms with van der Waals surface area (Å²) < 4.78 is 12.8. The molecule has 2 rings (SSSR count). The average molecular weight is 271 g/mol. The van der Waals surface area contributed by atoms with E-state index in [4.69, 9.17) is 0 Å². The Bertz CT molecular complexity index is 573. The van der Waals surface area contributed by atoms with Crippen LogP contribution in [0, 0.1) is 5.82 Å². The summed E-state index contributed by atoms with van der Waals surface area (Å²) in [5.41, 5.74) is 2.79. The van der Waals surface area contributed by atoms with Crippen molar-refractivity contribution in [2.45, 2.75) is 26.3 Å². The second-order valence-corrected chi connectivity index (χ2v) is 5.09. The fourth-order valence-corrected chi connectivity index (χ4v) is 1.91. The molecule has 0 heterocycles. The van der Waals surface area contributed by atoms with Crippen LogP contribution in [0.2, 0.25) is 0 Å². The summed E-state index contributed by atoms with van der Waals surface area (Å²) in [5.74, 6) is -0.0402. The summed E-state index contributed by atoms with van der Waals surface area (Å²) in [6.45, 7) is 4.76. The highest BCUT2D eigenvalue weighted by Gasteiger charge is 2.05. The van der Waals surface area contributed by atoms with Crippen molar-refractivity contribution in [1.82, 2.24) is 5.32 Å². The molecule has 0 saturated carbocycles. The van der Waals surface area contributed by atoms with Gasteiger partial charge in [-0.05, 0) is 41.3 Å². The predicted molar refractivity (Wildman–Crippen MR) is 78.1 cm³/mol. The van der Waals surface area contributed by atoms with E-state index in [0.717, 1.165) is 5.56 Å². The van der Waals surface area contributed by atoms with Gasteiger partial charge in [0.1, 0.15) is 5.82 Å². The molecule has 0 radical (unpaired) electrons. The van der Waals surface area contributed by atoms with E-state index in [2.05, 4.69) is 31.3 Å². The quantitative estimate of drug-likeness (QED) is 0.898. The number of hydrogen-bond donors (Lipinski definition) is 1. The van der Waals surface area contributed by atoms with Gasteiger partial charge in [-0.25, -0.2) is 4.39 Å². The Kier molecular flexibility index (Phi) is 4.51. The number of carbonyl (C=O) groups excluding carboxylic acids is 1. The number of nitrogens with one attached hydrogen (secondary N) is 1. The minimum atomic E-state index is -0.342. The third kappa shape index (κ3) is 3.67. The topological polar surface area (TPSA) is 29.1 Å². The van der Waals surface area contributed by atoms with Gasteiger partial charge in [0.05, 0.1) is 0 Å². The molecule has 0 unspecified atom stereocenters. The van der Waals surface area contributed by atoms with Gasteiger partial charge in [0.2, 0.25) is 0 Å². The molecule has 20 heavy (non-hydrogen) atoms. The van der Waals surface area contributed by atoms with Crippen molar-refractivity contribution in [2.75, 3.05) is 0 Å². The highest BCUT2D eigenvalue weighted by atomic mass is 19.1. The normalized spacial score (nSPS) is 10.6. The smallest absolute Gasteiger partial charge is 0.251 e. The summed E-state index contributed by atoms with van der Waals surface area (Å²) in [5, 5.41) is 2.82. The first-order valence-corrected chi connectivity index (χ1v) is 6.69. The Morgan fingerprint density at radius 2 is 1.65 bits per heavy atom. The first kappa shape index (κ1) is 14.3. The summed E-state index contributed by atoms with van der Waals surface area (Å²) in [4.78, 5) is 11.9. The predicted octanol–water partition coefficient (Wildman–Crippen LogP) is 3.88. The molecule has 0 aliphatic heterocycles. The fraction of sp³-hybridized carbons (Fsp3) is 0.235. The van der Waals surface area contributed by atoms with Crippen LogP contribution >= 0.6 is 0 Å². The summed E-state index contributed by atoms with van der Waals surface area (Å²) in [6, 6.07) is 13.7. The molecule has 2 aromatic rings. The molecule has 1 N–H and O–H groups in total. The van der Waals surface area contributed by atoms with Gasteiger partial charge in [0.15, 0.2) is 0 Å². The van der Waals surface area contributed by atoms with Crippen LogP contribution in [0.3, 0.4) is 0 Å². The molecule has 0 spiro atoms. The largest absolute Gasteiger partial charge is 0.348 e. The van der Waals surface area contributed by atoms with Gasteiger partial charge in [-0.1, -0.05) is 38.1 Å². The Hall–Kier alpha value is -2.16.